The second-order valence-electron chi connectivity index (χ2n) is 4.05. The van der Waals surface area contributed by atoms with Gasteiger partial charge in [-0.25, -0.2) is 4.79 Å². The fourth-order valence-corrected chi connectivity index (χ4v) is 1.00. The van der Waals surface area contributed by atoms with Gasteiger partial charge in [-0.15, -0.1) is 0 Å². The van der Waals surface area contributed by atoms with Crippen molar-refractivity contribution in [2.45, 2.75) is 32.7 Å². The molecule has 0 unspecified atom stereocenters. The van der Waals surface area contributed by atoms with Crippen LogP contribution in [0.3, 0.4) is 0 Å². The third kappa shape index (κ3) is 2.39. The largest absolute Gasteiger partial charge is 0.345 e. The number of hydrogen-bond donors (Lipinski definition) is 2. The van der Waals surface area contributed by atoms with Crippen molar-refractivity contribution in [3.8, 4) is 0 Å². The Balaban J connectivity index is 3.24. The molecule has 0 aliphatic rings. The fraction of sp³-hybridized carbons (Fsp3) is 0.556. The summed E-state index contributed by atoms with van der Waals surface area (Å²) in [6.07, 6.45) is 0. The second kappa shape index (κ2) is 3.30. The molecule has 0 aliphatic heterocycles. The SMILES string of the molecule is CC(C)(C)c1cc(CN)[nH]c(=O)n1. The molecule has 0 amide bonds. The normalized spacial score (nSPS) is 11.7. The fourth-order valence-electron chi connectivity index (χ4n) is 1.00. The van der Waals surface area contributed by atoms with E-state index in [0.29, 0.717) is 6.54 Å². The minimum atomic E-state index is -0.326. The average molecular weight is 181 g/mol. The van der Waals surface area contributed by atoms with E-state index >= 15 is 0 Å². The third-order valence-corrected chi connectivity index (χ3v) is 1.79. The monoisotopic (exact) mass is 181 g/mol. The Kier molecular flexibility index (Phi) is 2.52. The molecule has 0 bridgehead atoms. The minimum absolute atomic E-state index is 0.113. The Morgan fingerprint density at radius 3 is 2.62 bits per heavy atom. The standard InChI is InChI=1S/C9H15N3O/c1-9(2,3)7-4-6(5-10)11-8(13)12-7/h4H,5,10H2,1-3H3,(H,11,12,13). The molecule has 72 valence electrons. The molecule has 0 saturated heterocycles. The van der Waals surface area contributed by atoms with E-state index in [1.165, 1.54) is 0 Å². The highest BCUT2D eigenvalue weighted by Gasteiger charge is 2.16. The topological polar surface area (TPSA) is 71.8 Å². The summed E-state index contributed by atoms with van der Waals surface area (Å²) in [4.78, 5) is 17.6. The van der Waals surface area contributed by atoms with Crippen molar-refractivity contribution in [2.24, 2.45) is 5.73 Å². The predicted molar refractivity (Wildman–Crippen MR) is 51.4 cm³/mol. The van der Waals surface area contributed by atoms with E-state index in [4.69, 9.17) is 5.73 Å². The molecule has 1 heterocycles. The zero-order chi connectivity index (χ0) is 10.1. The van der Waals surface area contributed by atoms with Crippen LogP contribution in [-0.4, -0.2) is 9.97 Å². The first kappa shape index (κ1) is 9.92. The molecular formula is C9H15N3O. The number of nitrogens with one attached hydrogen (secondary N) is 1. The first-order valence-electron chi connectivity index (χ1n) is 4.24. The first-order chi connectivity index (χ1) is 5.93. The van der Waals surface area contributed by atoms with Crippen LogP contribution in [0.2, 0.25) is 0 Å². The zero-order valence-electron chi connectivity index (χ0n) is 8.22. The van der Waals surface area contributed by atoms with Gasteiger partial charge in [0.1, 0.15) is 0 Å². The second-order valence-corrected chi connectivity index (χ2v) is 4.05. The van der Waals surface area contributed by atoms with Crippen LogP contribution in [0.5, 0.6) is 0 Å². The summed E-state index contributed by atoms with van der Waals surface area (Å²) in [7, 11) is 0. The van der Waals surface area contributed by atoms with Crippen LogP contribution in [0.4, 0.5) is 0 Å². The van der Waals surface area contributed by atoms with Gasteiger partial charge in [0.15, 0.2) is 0 Å². The molecule has 1 aromatic heterocycles. The number of rotatable bonds is 1. The maximum Gasteiger partial charge on any atom is 0.345 e. The van der Waals surface area contributed by atoms with Gasteiger partial charge in [-0.2, -0.15) is 4.98 Å². The lowest BCUT2D eigenvalue weighted by Crippen LogP contribution is -2.23. The summed E-state index contributed by atoms with van der Waals surface area (Å²) in [6, 6.07) is 1.83. The molecule has 0 aromatic carbocycles. The van der Waals surface area contributed by atoms with Crippen molar-refractivity contribution in [3.63, 3.8) is 0 Å². The molecule has 0 fully saturated rings. The van der Waals surface area contributed by atoms with E-state index in [9.17, 15) is 4.79 Å². The Morgan fingerprint density at radius 1 is 1.54 bits per heavy atom. The Labute approximate surface area is 77.2 Å². The molecule has 4 heteroatoms. The van der Waals surface area contributed by atoms with Crippen LogP contribution in [0.25, 0.3) is 0 Å². The summed E-state index contributed by atoms with van der Waals surface area (Å²) in [5.74, 6) is 0. The maximum absolute atomic E-state index is 11.1. The van der Waals surface area contributed by atoms with Crippen molar-refractivity contribution in [1.29, 1.82) is 0 Å². The number of hydrogen-bond acceptors (Lipinski definition) is 3. The number of H-pyrrole nitrogens is 1. The molecule has 0 saturated carbocycles. The van der Waals surface area contributed by atoms with E-state index in [1.54, 1.807) is 0 Å². The molecular weight excluding hydrogens is 166 g/mol. The van der Waals surface area contributed by atoms with E-state index < -0.39 is 0 Å². The van der Waals surface area contributed by atoms with Gasteiger partial charge in [-0.05, 0) is 6.07 Å². The smallest absolute Gasteiger partial charge is 0.325 e. The Morgan fingerprint density at radius 2 is 2.15 bits per heavy atom. The number of nitrogens with zero attached hydrogens (tertiary/aromatic N) is 1. The first-order valence-corrected chi connectivity index (χ1v) is 4.24. The summed E-state index contributed by atoms with van der Waals surface area (Å²) in [6.45, 7) is 6.36. The molecule has 4 nitrogen and oxygen atoms in total. The van der Waals surface area contributed by atoms with Crippen LogP contribution >= 0.6 is 0 Å². The van der Waals surface area contributed by atoms with Crippen molar-refractivity contribution < 1.29 is 0 Å². The van der Waals surface area contributed by atoms with Crippen LogP contribution in [0, 0.1) is 0 Å². The zero-order valence-corrected chi connectivity index (χ0v) is 8.22. The minimum Gasteiger partial charge on any atom is -0.325 e. The molecule has 1 rings (SSSR count). The van der Waals surface area contributed by atoms with E-state index in [1.807, 2.05) is 26.8 Å². The van der Waals surface area contributed by atoms with Crippen LogP contribution < -0.4 is 11.4 Å². The van der Waals surface area contributed by atoms with E-state index in [2.05, 4.69) is 9.97 Å². The van der Waals surface area contributed by atoms with Gasteiger partial charge >= 0.3 is 5.69 Å². The number of aromatic amines is 1. The van der Waals surface area contributed by atoms with Crippen molar-refractivity contribution in [3.05, 3.63) is 27.9 Å². The highest BCUT2D eigenvalue weighted by atomic mass is 16.1. The molecule has 0 aliphatic carbocycles. The number of nitrogens with two attached hydrogens (primary N) is 1. The summed E-state index contributed by atoms with van der Waals surface area (Å²) >= 11 is 0. The average Bonchev–Trinajstić information content (AvgIpc) is 2.01. The van der Waals surface area contributed by atoms with E-state index in [0.717, 1.165) is 11.4 Å². The molecule has 0 atom stereocenters. The van der Waals surface area contributed by atoms with Crippen molar-refractivity contribution >= 4 is 0 Å². The van der Waals surface area contributed by atoms with Crippen LogP contribution in [0.15, 0.2) is 10.9 Å². The lowest BCUT2D eigenvalue weighted by Gasteiger charge is -2.17. The van der Waals surface area contributed by atoms with E-state index in [-0.39, 0.29) is 11.1 Å². The van der Waals surface area contributed by atoms with Gasteiger partial charge < -0.3 is 10.7 Å². The highest BCUT2D eigenvalue weighted by Crippen LogP contribution is 2.18. The molecule has 13 heavy (non-hydrogen) atoms. The van der Waals surface area contributed by atoms with Crippen molar-refractivity contribution in [1.82, 2.24) is 9.97 Å². The Bertz CT molecular complexity index is 349. The van der Waals surface area contributed by atoms with Gasteiger partial charge in [-0.3, -0.25) is 0 Å². The summed E-state index contributed by atoms with van der Waals surface area (Å²) in [5.41, 5.74) is 6.50. The van der Waals surface area contributed by atoms with Gasteiger partial charge in [0, 0.05) is 17.7 Å². The Hall–Kier alpha value is -1.16. The lowest BCUT2D eigenvalue weighted by atomic mass is 9.91. The van der Waals surface area contributed by atoms with Gasteiger partial charge in [-0.1, -0.05) is 20.8 Å². The lowest BCUT2D eigenvalue weighted by molar-refractivity contribution is 0.561. The molecule has 3 N–H and O–H groups in total. The quantitative estimate of drug-likeness (QED) is 0.663. The third-order valence-electron chi connectivity index (χ3n) is 1.79. The highest BCUT2D eigenvalue weighted by molar-refractivity contribution is 5.15. The van der Waals surface area contributed by atoms with Gasteiger partial charge in [0.2, 0.25) is 0 Å². The summed E-state index contributed by atoms with van der Waals surface area (Å²) < 4.78 is 0. The molecule has 0 radical (unpaired) electrons. The predicted octanol–water partition coefficient (Wildman–Crippen LogP) is 0.526. The number of aromatic nitrogens is 2. The molecule has 0 spiro atoms. The van der Waals surface area contributed by atoms with Crippen LogP contribution in [-0.2, 0) is 12.0 Å². The summed E-state index contributed by atoms with van der Waals surface area (Å²) in [5, 5.41) is 0. The van der Waals surface area contributed by atoms with Crippen molar-refractivity contribution in [2.75, 3.05) is 0 Å². The van der Waals surface area contributed by atoms with Gasteiger partial charge in [0.05, 0.1) is 5.69 Å². The molecule has 1 aromatic rings. The maximum atomic E-state index is 11.1. The van der Waals surface area contributed by atoms with Crippen LogP contribution in [0.1, 0.15) is 32.2 Å². The van der Waals surface area contributed by atoms with Gasteiger partial charge in [0.25, 0.3) is 0 Å².